The number of hydrogen-bond donors (Lipinski definition) is 2. The predicted octanol–water partition coefficient (Wildman–Crippen LogP) is 1.34. The van der Waals surface area contributed by atoms with Crippen molar-refractivity contribution in [1.82, 2.24) is 5.32 Å². The zero-order valence-electron chi connectivity index (χ0n) is 8.01. The van der Waals surface area contributed by atoms with Gasteiger partial charge in [-0.25, -0.2) is 0 Å². The lowest BCUT2D eigenvalue weighted by Gasteiger charge is -2.12. The minimum atomic E-state index is 0.200. The van der Waals surface area contributed by atoms with Gasteiger partial charge in [0.15, 0.2) is 0 Å². The molecule has 0 radical (unpaired) electrons. The second-order valence-corrected chi connectivity index (χ2v) is 2.82. The van der Waals surface area contributed by atoms with E-state index >= 15 is 0 Å². The molecule has 70 valence electrons. The Balaban J connectivity index is 3.70. The summed E-state index contributed by atoms with van der Waals surface area (Å²) in [5.74, 6) is 0.471. The van der Waals surface area contributed by atoms with Crippen molar-refractivity contribution in [3.63, 3.8) is 0 Å². The molecule has 12 heavy (non-hydrogen) atoms. The second kappa shape index (κ2) is 7.07. The summed E-state index contributed by atoms with van der Waals surface area (Å²) in [4.78, 5) is 0. The van der Waals surface area contributed by atoms with Crippen LogP contribution < -0.4 is 5.32 Å². The zero-order chi connectivity index (χ0) is 9.40. The van der Waals surface area contributed by atoms with E-state index in [9.17, 15) is 0 Å². The Morgan fingerprint density at radius 2 is 2.33 bits per heavy atom. The fourth-order valence-corrected chi connectivity index (χ4v) is 1.12. The summed E-state index contributed by atoms with van der Waals surface area (Å²) in [6.45, 7) is 9.65. The van der Waals surface area contributed by atoms with Crippen molar-refractivity contribution >= 4 is 0 Å². The van der Waals surface area contributed by atoms with Crippen LogP contribution in [0.1, 0.15) is 13.8 Å². The molecule has 0 aliphatic rings. The van der Waals surface area contributed by atoms with Crippen molar-refractivity contribution in [1.29, 1.82) is 0 Å². The summed E-state index contributed by atoms with van der Waals surface area (Å²) in [7, 11) is 0. The molecule has 0 heterocycles. The van der Waals surface area contributed by atoms with E-state index in [0.29, 0.717) is 12.5 Å². The van der Waals surface area contributed by atoms with Crippen LogP contribution in [-0.2, 0) is 0 Å². The number of hydrogen-bond acceptors (Lipinski definition) is 2. The molecule has 0 spiro atoms. The van der Waals surface area contributed by atoms with Gasteiger partial charge in [0.25, 0.3) is 0 Å². The van der Waals surface area contributed by atoms with Crippen LogP contribution in [0, 0.1) is 5.92 Å². The highest BCUT2D eigenvalue weighted by Crippen LogP contribution is 2.09. The van der Waals surface area contributed by atoms with Gasteiger partial charge in [-0.05, 0) is 18.4 Å². The topological polar surface area (TPSA) is 32.3 Å². The van der Waals surface area contributed by atoms with E-state index in [4.69, 9.17) is 5.11 Å². The molecule has 0 aromatic rings. The maximum atomic E-state index is 8.53. The number of allylic oxidation sites excluding steroid dienone is 2. The molecule has 2 N–H and O–H groups in total. The highest BCUT2D eigenvalue weighted by Gasteiger charge is 2.02. The molecule has 2 nitrogen and oxygen atoms in total. The molecule has 0 aliphatic carbocycles. The minimum absolute atomic E-state index is 0.200. The molecule has 0 saturated carbocycles. The van der Waals surface area contributed by atoms with Gasteiger partial charge in [0.05, 0.1) is 6.61 Å². The van der Waals surface area contributed by atoms with Crippen LogP contribution in [0.25, 0.3) is 0 Å². The van der Waals surface area contributed by atoms with E-state index in [1.807, 2.05) is 13.0 Å². The largest absolute Gasteiger partial charge is 0.395 e. The maximum absolute atomic E-state index is 8.53. The van der Waals surface area contributed by atoms with Crippen molar-refractivity contribution in [3.05, 3.63) is 24.3 Å². The molecule has 0 rings (SSSR count). The van der Waals surface area contributed by atoms with Gasteiger partial charge < -0.3 is 10.4 Å². The van der Waals surface area contributed by atoms with Crippen LogP contribution in [0.3, 0.4) is 0 Å². The highest BCUT2D eigenvalue weighted by molar-refractivity contribution is 5.18. The maximum Gasteiger partial charge on any atom is 0.0555 e. The van der Waals surface area contributed by atoms with Gasteiger partial charge in [0.1, 0.15) is 0 Å². The van der Waals surface area contributed by atoms with E-state index in [1.54, 1.807) is 0 Å². The van der Waals surface area contributed by atoms with Gasteiger partial charge in [-0.3, -0.25) is 0 Å². The van der Waals surface area contributed by atoms with E-state index in [-0.39, 0.29) is 6.61 Å². The molecule has 0 aliphatic heterocycles. The standard InChI is InChI=1S/C10H19NO/c1-4-10(5-2)9(3)8-11-6-7-12/h4-5,9,11-12H,1,6-8H2,2-3H3/b10-5+/t9-/m0/s1. The Morgan fingerprint density at radius 1 is 1.67 bits per heavy atom. The first-order valence-electron chi connectivity index (χ1n) is 4.36. The molecule has 0 aromatic heterocycles. The summed E-state index contributed by atoms with van der Waals surface area (Å²) in [6, 6.07) is 0. The van der Waals surface area contributed by atoms with Crippen LogP contribution in [0.2, 0.25) is 0 Å². The van der Waals surface area contributed by atoms with E-state index < -0.39 is 0 Å². The highest BCUT2D eigenvalue weighted by atomic mass is 16.3. The number of aliphatic hydroxyl groups is 1. The minimum Gasteiger partial charge on any atom is -0.395 e. The van der Waals surface area contributed by atoms with Crippen molar-refractivity contribution < 1.29 is 5.11 Å². The molecule has 1 atom stereocenters. The van der Waals surface area contributed by atoms with Gasteiger partial charge >= 0.3 is 0 Å². The Morgan fingerprint density at radius 3 is 2.75 bits per heavy atom. The van der Waals surface area contributed by atoms with Crippen LogP contribution in [0.4, 0.5) is 0 Å². The van der Waals surface area contributed by atoms with Crippen molar-refractivity contribution in [3.8, 4) is 0 Å². The average Bonchev–Trinajstić information content (AvgIpc) is 2.07. The fraction of sp³-hybridized carbons (Fsp3) is 0.600. The first-order valence-corrected chi connectivity index (χ1v) is 4.36. The Labute approximate surface area is 75.0 Å². The lowest BCUT2D eigenvalue weighted by Crippen LogP contribution is -2.24. The van der Waals surface area contributed by atoms with E-state index in [2.05, 4.69) is 24.9 Å². The van der Waals surface area contributed by atoms with Gasteiger partial charge in [0.2, 0.25) is 0 Å². The molecular formula is C10H19NO. The zero-order valence-corrected chi connectivity index (χ0v) is 8.01. The Bertz CT molecular complexity index is 152. The van der Waals surface area contributed by atoms with E-state index in [0.717, 1.165) is 6.54 Å². The summed E-state index contributed by atoms with van der Waals surface area (Å²) in [5.41, 5.74) is 1.25. The van der Waals surface area contributed by atoms with Gasteiger partial charge in [-0.1, -0.05) is 25.7 Å². The summed E-state index contributed by atoms with van der Waals surface area (Å²) in [6.07, 6.45) is 3.95. The van der Waals surface area contributed by atoms with Gasteiger partial charge in [-0.2, -0.15) is 0 Å². The van der Waals surface area contributed by atoms with Crippen LogP contribution in [0.15, 0.2) is 24.3 Å². The molecule has 0 bridgehead atoms. The molecular weight excluding hydrogens is 150 g/mol. The fourth-order valence-electron chi connectivity index (χ4n) is 1.12. The second-order valence-electron chi connectivity index (χ2n) is 2.82. The third-order valence-electron chi connectivity index (χ3n) is 1.88. The summed E-state index contributed by atoms with van der Waals surface area (Å²) < 4.78 is 0. The number of aliphatic hydroxyl groups excluding tert-OH is 1. The van der Waals surface area contributed by atoms with Crippen LogP contribution in [0.5, 0.6) is 0 Å². The molecule has 0 amide bonds. The predicted molar refractivity (Wildman–Crippen MR) is 53.1 cm³/mol. The quantitative estimate of drug-likeness (QED) is 0.464. The van der Waals surface area contributed by atoms with Crippen molar-refractivity contribution in [2.45, 2.75) is 13.8 Å². The van der Waals surface area contributed by atoms with Crippen molar-refractivity contribution in [2.24, 2.45) is 5.92 Å². The number of nitrogens with one attached hydrogen (secondary N) is 1. The normalized spacial score (nSPS) is 14.4. The third-order valence-corrected chi connectivity index (χ3v) is 1.88. The van der Waals surface area contributed by atoms with Gasteiger partial charge in [0, 0.05) is 13.1 Å². The molecule has 0 unspecified atom stereocenters. The molecule has 0 fully saturated rings. The van der Waals surface area contributed by atoms with Crippen LogP contribution in [-0.4, -0.2) is 24.8 Å². The lowest BCUT2D eigenvalue weighted by molar-refractivity contribution is 0.290. The summed E-state index contributed by atoms with van der Waals surface area (Å²) >= 11 is 0. The van der Waals surface area contributed by atoms with Crippen LogP contribution >= 0.6 is 0 Å². The van der Waals surface area contributed by atoms with E-state index in [1.165, 1.54) is 5.57 Å². The first-order chi connectivity index (χ1) is 5.76. The van der Waals surface area contributed by atoms with Crippen molar-refractivity contribution in [2.75, 3.05) is 19.7 Å². The third kappa shape index (κ3) is 4.31. The Kier molecular flexibility index (Phi) is 6.72. The lowest BCUT2D eigenvalue weighted by atomic mass is 10.0. The monoisotopic (exact) mass is 169 g/mol. The number of rotatable bonds is 6. The average molecular weight is 169 g/mol. The SMILES string of the molecule is C=C/C(=C\C)[C@@H](C)CNCCO. The molecule has 2 heteroatoms. The molecule has 0 saturated heterocycles. The summed E-state index contributed by atoms with van der Waals surface area (Å²) in [5, 5.41) is 11.7. The van der Waals surface area contributed by atoms with Gasteiger partial charge in [-0.15, -0.1) is 0 Å². The molecule has 0 aromatic carbocycles. The first kappa shape index (κ1) is 11.4. The smallest absolute Gasteiger partial charge is 0.0555 e. The Hall–Kier alpha value is -0.600.